The molecule has 5 nitrogen and oxygen atoms in total. The van der Waals surface area contributed by atoms with Gasteiger partial charge in [-0.2, -0.15) is 0 Å². The maximum Gasteiger partial charge on any atom is 0.227 e. The first-order valence-electron chi connectivity index (χ1n) is 18.8. The van der Waals surface area contributed by atoms with E-state index in [4.69, 9.17) is 24.4 Å². The van der Waals surface area contributed by atoms with Crippen LogP contribution in [0.5, 0.6) is 0 Å². The Kier molecular flexibility index (Phi) is 7.49. The molecular weight excluding hydrogens is 685 g/mol. The van der Waals surface area contributed by atoms with Gasteiger partial charge in [0.05, 0.1) is 0 Å². The summed E-state index contributed by atoms with van der Waals surface area (Å²) in [4.78, 5) is 19.8. The zero-order chi connectivity index (χ0) is 37.0. The average molecular weight is 717 g/mol. The van der Waals surface area contributed by atoms with Crippen molar-refractivity contribution < 1.29 is 4.42 Å². The number of benzene rings is 8. The van der Waals surface area contributed by atoms with Crippen molar-refractivity contribution in [1.29, 1.82) is 0 Å². The maximum atomic E-state index is 6.35. The number of hydrogen-bond donors (Lipinski definition) is 0. The zero-order valence-corrected chi connectivity index (χ0v) is 30.2. The molecule has 2 aromatic heterocycles. The third-order valence-electron chi connectivity index (χ3n) is 10.8. The van der Waals surface area contributed by atoms with Gasteiger partial charge in [0.1, 0.15) is 5.52 Å². The van der Waals surface area contributed by atoms with Crippen molar-refractivity contribution in [1.82, 2.24) is 19.9 Å². The molecule has 0 fully saturated rings. The van der Waals surface area contributed by atoms with Crippen LogP contribution in [0.25, 0.3) is 101 Å². The van der Waals surface area contributed by atoms with Gasteiger partial charge in [0, 0.05) is 22.3 Å². The van der Waals surface area contributed by atoms with E-state index < -0.39 is 0 Å². The van der Waals surface area contributed by atoms with Gasteiger partial charge in [-0.3, -0.25) is 0 Å². The van der Waals surface area contributed by atoms with Gasteiger partial charge in [0.15, 0.2) is 23.1 Å². The standard InChI is InChI=1S/C51H32N4O/c1-3-12-33(13-4-1)48-53-49(34-14-5-2-6-15-34)55-50(54-48)38-18-11-17-37(28-38)42-27-26-41(43-20-9-10-21-44(42)43)32-22-24-35(25-23-32)51-52-46-30-39-29-36-16-7-8-19-40(36)45(39)31-47(46)56-51/h1-28,30-31H,29H2. The number of rotatable bonds is 6. The van der Waals surface area contributed by atoms with E-state index in [0.717, 1.165) is 62.0 Å². The highest BCUT2D eigenvalue weighted by Gasteiger charge is 2.21. The Hall–Kier alpha value is -7.50. The lowest BCUT2D eigenvalue weighted by molar-refractivity contribution is 0.620. The molecule has 8 aromatic carbocycles. The van der Waals surface area contributed by atoms with Crippen LogP contribution in [0.15, 0.2) is 186 Å². The number of hydrogen-bond acceptors (Lipinski definition) is 5. The highest BCUT2D eigenvalue weighted by Crippen LogP contribution is 2.41. The SMILES string of the molecule is c1ccc(-c2nc(-c3ccccc3)nc(-c3cccc(-c4ccc(-c5ccc(-c6nc7cc8c(cc7o6)-c6ccccc6C8)cc5)c5ccccc45)c3)n2)cc1. The molecule has 1 aliphatic carbocycles. The van der Waals surface area contributed by atoms with E-state index in [-0.39, 0.29) is 0 Å². The van der Waals surface area contributed by atoms with Crippen LogP contribution >= 0.6 is 0 Å². The van der Waals surface area contributed by atoms with Gasteiger partial charge in [-0.15, -0.1) is 0 Å². The van der Waals surface area contributed by atoms with Crippen LogP contribution in [-0.4, -0.2) is 19.9 Å². The van der Waals surface area contributed by atoms with Crippen molar-refractivity contribution in [2.45, 2.75) is 6.42 Å². The topological polar surface area (TPSA) is 64.7 Å². The summed E-state index contributed by atoms with van der Waals surface area (Å²) in [5, 5.41) is 2.35. The van der Waals surface area contributed by atoms with E-state index in [2.05, 4.69) is 121 Å². The molecule has 0 saturated heterocycles. The summed E-state index contributed by atoms with van der Waals surface area (Å²) in [5.74, 6) is 2.56. The Labute approximate surface area is 323 Å². The molecule has 0 radical (unpaired) electrons. The number of oxazole rings is 1. The fourth-order valence-electron chi connectivity index (χ4n) is 8.04. The van der Waals surface area contributed by atoms with Crippen LogP contribution in [0.4, 0.5) is 0 Å². The molecule has 1 aliphatic rings. The lowest BCUT2D eigenvalue weighted by atomic mass is 9.91. The van der Waals surface area contributed by atoms with E-state index in [1.165, 1.54) is 33.0 Å². The molecule has 0 unspecified atom stereocenters. The Morgan fingerprint density at radius 3 is 1.59 bits per heavy atom. The van der Waals surface area contributed by atoms with Crippen molar-refractivity contribution in [2.75, 3.05) is 0 Å². The van der Waals surface area contributed by atoms with E-state index in [0.29, 0.717) is 23.4 Å². The van der Waals surface area contributed by atoms with Crippen LogP contribution < -0.4 is 0 Å². The van der Waals surface area contributed by atoms with E-state index in [1.807, 2.05) is 60.7 Å². The number of aromatic nitrogens is 4. The molecule has 2 heterocycles. The second kappa shape index (κ2) is 13.1. The number of nitrogens with zero attached hydrogens (tertiary/aromatic N) is 4. The van der Waals surface area contributed by atoms with Gasteiger partial charge in [-0.05, 0) is 92.0 Å². The summed E-state index contributed by atoms with van der Waals surface area (Å²) in [5.41, 5.74) is 15.2. The van der Waals surface area contributed by atoms with E-state index >= 15 is 0 Å². The largest absolute Gasteiger partial charge is 0.436 e. The minimum atomic E-state index is 0.633. The van der Waals surface area contributed by atoms with Gasteiger partial charge in [-0.25, -0.2) is 19.9 Å². The van der Waals surface area contributed by atoms with Gasteiger partial charge in [-0.1, -0.05) is 152 Å². The molecule has 0 aliphatic heterocycles. The molecule has 56 heavy (non-hydrogen) atoms. The summed E-state index contributed by atoms with van der Waals surface area (Å²) >= 11 is 0. The Bertz CT molecular complexity index is 3040. The molecule has 10 aromatic rings. The molecule has 0 bridgehead atoms. The molecule has 0 saturated carbocycles. The third-order valence-corrected chi connectivity index (χ3v) is 10.8. The minimum absolute atomic E-state index is 0.633. The zero-order valence-electron chi connectivity index (χ0n) is 30.2. The summed E-state index contributed by atoms with van der Waals surface area (Å²) in [7, 11) is 0. The summed E-state index contributed by atoms with van der Waals surface area (Å²) in [6.45, 7) is 0. The summed E-state index contributed by atoms with van der Waals surface area (Å²) in [6, 6.07) is 63.2. The van der Waals surface area contributed by atoms with Crippen molar-refractivity contribution in [2.24, 2.45) is 0 Å². The van der Waals surface area contributed by atoms with Crippen molar-refractivity contribution in [3.05, 3.63) is 193 Å². The molecule has 0 amide bonds. The van der Waals surface area contributed by atoms with Crippen LogP contribution in [0.1, 0.15) is 11.1 Å². The Morgan fingerprint density at radius 2 is 0.893 bits per heavy atom. The van der Waals surface area contributed by atoms with Crippen molar-refractivity contribution >= 4 is 21.9 Å². The molecule has 262 valence electrons. The van der Waals surface area contributed by atoms with Crippen molar-refractivity contribution in [3.8, 4) is 79.0 Å². The highest BCUT2D eigenvalue weighted by atomic mass is 16.3. The lowest BCUT2D eigenvalue weighted by Gasteiger charge is -2.13. The molecule has 0 atom stereocenters. The molecule has 5 heteroatoms. The normalized spacial score (nSPS) is 11.9. The highest BCUT2D eigenvalue weighted by molar-refractivity contribution is 6.05. The number of fused-ring (bicyclic) bond motifs is 5. The monoisotopic (exact) mass is 716 g/mol. The smallest absolute Gasteiger partial charge is 0.227 e. The molecule has 0 spiro atoms. The first-order valence-corrected chi connectivity index (χ1v) is 18.8. The molecule has 11 rings (SSSR count). The quantitative estimate of drug-likeness (QED) is 0.171. The van der Waals surface area contributed by atoms with E-state index in [1.54, 1.807) is 0 Å². The molecular formula is C51H32N4O. The van der Waals surface area contributed by atoms with Gasteiger partial charge < -0.3 is 4.42 Å². The second-order valence-corrected chi connectivity index (χ2v) is 14.2. The lowest BCUT2D eigenvalue weighted by Crippen LogP contribution is -2.00. The predicted octanol–water partition coefficient (Wildman–Crippen LogP) is 12.7. The summed E-state index contributed by atoms with van der Waals surface area (Å²) in [6.07, 6.45) is 0.931. The fraction of sp³-hybridized carbons (Fsp3) is 0.0196. The fourth-order valence-corrected chi connectivity index (χ4v) is 8.04. The molecule has 0 N–H and O–H groups in total. The van der Waals surface area contributed by atoms with Gasteiger partial charge in [0.2, 0.25) is 5.89 Å². The Balaban J connectivity index is 0.937. The minimum Gasteiger partial charge on any atom is -0.436 e. The Morgan fingerprint density at radius 1 is 0.339 bits per heavy atom. The average Bonchev–Trinajstić information content (AvgIpc) is 3.86. The van der Waals surface area contributed by atoms with Crippen LogP contribution in [-0.2, 0) is 6.42 Å². The van der Waals surface area contributed by atoms with E-state index in [9.17, 15) is 0 Å². The third kappa shape index (κ3) is 5.57. The first-order chi connectivity index (χ1) is 27.7. The predicted molar refractivity (Wildman–Crippen MR) is 226 cm³/mol. The van der Waals surface area contributed by atoms with Gasteiger partial charge in [0.25, 0.3) is 0 Å². The van der Waals surface area contributed by atoms with Crippen LogP contribution in [0.2, 0.25) is 0 Å². The van der Waals surface area contributed by atoms with Crippen LogP contribution in [0, 0.1) is 0 Å². The first kappa shape index (κ1) is 32.0. The van der Waals surface area contributed by atoms with Crippen LogP contribution in [0.3, 0.4) is 0 Å². The van der Waals surface area contributed by atoms with Crippen molar-refractivity contribution in [3.63, 3.8) is 0 Å². The summed E-state index contributed by atoms with van der Waals surface area (Å²) < 4.78 is 6.35. The second-order valence-electron chi connectivity index (χ2n) is 14.2. The van der Waals surface area contributed by atoms with Gasteiger partial charge >= 0.3 is 0 Å². The maximum absolute atomic E-state index is 6.35.